The topological polar surface area (TPSA) is 92.2 Å². The number of amides is 3. The molecule has 3 rings (SSSR count). The summed E-state index contributed by atoms with van der Waals surface area (Å²) < 4.78 is 2.08. The summed E-state index contributed by atoms with van der Waals surface area (Å²) in [4.78, 5) is 37.8. The minimum Gasteiger partial charge on any atom is -0.348 e. The molecule has 10 heteroatoms. The third kappa shape index (κ3) is 5.82. The normalized spacial score (nSPS) is 10.9. The van der Waals surface area contributed by atoms with E-state index >= 15 is 0 Å². The molecule has 2 aromatic carbocycles. The summed E-state index contributed by atoms with van der Waals surface area (Å²) in [7, 11) is 0. The molecule has 3 amide bonds. The Morgan fingerprint density at radius 2 is 1.78 bits per heavy atom. The third-order valence-corrected chi connectivity index (χ3v) is 5.64. The second-order valence-electron chi connectivity index (χ2n) is 7.53. The first-order valence-electron chi connectivity index (χ1n) is 9.82. The highest BCUT2D eigenvalue weighted by Gasteiger charge is 2.21. The number of nitrogens with zero attached hydrogens (tertiary/aromatic N) is 1. The summed E-state index contributed by atoms with van der Waals surface area (Å²) in [6.07, 6.45) is 0.745. The molecule has 0 fully saturated rings. The fourth-order valence-electron chi connectivity index (χ4n) is 2.96. The molecular formula is C22H21BrCl2N4O3. The Morgan fingerprint density at radius 3 is 2.47 bits per heavy atom. The van der Waals surface area contributed by atoms with Gasteiger partial charge >= 0.3 is 11.8 Å². The zero-order chi connectivity index (χ0) is 23.4. The Morgan fingerprint density at radius 1 is 1.03 bits per heavy atom. The Kier molecular flexibility index (Phi) is 7.82. The van der Waals surface area contributed by atoms with Crippen LogP contribution >= 0.6 is 39.1 Å². The lowest BCUT2D eigenvalue weighted by molar-refractivity contribution is -0.136. The highest BCUT2D eigenvalue weighted by molar-refractivity contribution is 9.10. The molecule has 0 aliphatic carbocycles. The van der Waals surface area contributed by atoms with E-state index in [0.717, 1.165) is 10.9 Å². The van der Waals surface area contributed by atoms with Crippen LogP contribution < -0.4 is 16.1 Å². The van der Waals surface area contributed by atoms with Crippen LogP contribution in [0.2, 0.25) is 10.0 Å². The summed E-state index contributed by atoms with van der Waals surface area (Å²) in [6, 6.07) is 11.6. The number of fused-ring (bicyclic) bond motifs is 1. The van der Waals surface area contributed by atoms with Gasteiger partial charge in [0.05, 0.1) is 16.2 Å². The molecule has 3 aromatic rings. The van der Waals surface area contributed by atoms with Crippen LogP contribution in [0.4, 0.5) is 5.69 Å². The van der Waals surface area contributed by atoms with E-state index in [2.05, 4.69) is 32.0 Å². The Hall–Kier alpha value is -2.55. The number of carbonyl (C=O) groups is 3. The fourth-order valence-corrected chi connectivity index (χ4v) is 3.79. The van der Waals surface area contributed by atoms with Gasteiger partial charge in [-0.1, -0.05) is 53.0 Å². The zero-order valence-electron chi connectivity index (χ0n) is 17.3. The summed E-state index contributed by atoms with van der Waals surface area (Å²) in [5.74, 6) is -1.80. The molecular weight excluding hydrogens is 519 g/mol. The van der Waals surface area contributed by atoms with Gasteiger partial charge < -0.3 is 10.6 Å². The molecule has 7 nitrogen and oxygen atoms in total. The average molecular weight is 540 g/mol. The van der Waals surface area contributed by atoms with Crippen molar-refractivity contribution in [1.82, 2.24) is 9.99 Å². The molecule has 0 radical (unpaired) electrons. The van der Waals surface area contributed by atoms with E-state index in [1.165, 1.54) is 10.7 Å². The number of halogens is 3. The average Bonchev–Trinajstić information content (AvgIpc) is 3.07. The van der Waals surface area contributed by atoms with Crippen LogP contribution in [0.15, 0.2) is 46.9 Å². The number of hydrogen-bond acceptors (Lipinski definition) is 3. The van der Waals surface area contributed by atoms with Gasteiger partial charge in [0.25, 0.3) is 5.91 Å². The standard InChI is InChI=1S/C22H21BrCl2N4O3/c1-12(2)7-8-26-21(31)22(32)28-29-18-6-3-14(23)9-13(18)10-19(29)20(30)27-17-5-4-15(24)11-16(17)25/h3-6,9-12H,7-8H2,1-2H3,(H,26,31)(H,27,30)(H,28,32). The quantitative estimate of drug-likeness (QED) is 0.376. The molecule has 32 heavy (non-hydrogen) atoms. The summed E-state index contributed by atoms with van der Waals surface area (Å²) in [6.45, 7) is 4.42. The first-order chi connectivity index (χ1) is 15.2. The van der Waals surface area contributed by atoms with E-state index in [0.29, 0.717) is 34.1 Å². The van der Waals surface area contributed by atoms with Crippen LogP contribution in [0.5, 0.6) is 0 Å². The molecule has 1 heterocycles. The van der Waals surface area contributed by atoms with Crippen LogP contribution in [0, 0.1) is 5.92 Å². The van der Waals surface area contributed by atoms with Crippen LogP contribution in [-0.2, 0) is 9.59 Å². The van der Waals surface area contributed by atoms with E-state index in [1.807, 2.05) is 13.8 Å². The maximum absolute atomic E-state index is 13.0. The number of anilines is 1. The van der Waals surface area contributed by atoms with Gasteiger partial charge in [-0.25, -0.2) is 4.68 Å². The van der Waals surface area contributed by atoms with Gasteiger partial charge in [-0.15, -0.1) is 0 Å². The molecule has 0 bridgehead atoms. The SMILES string of the molecule is CC(C)CCNC(=O)C(=O)Nn1c(C(=O)Nc2ccc(Cl)cc2Cl)cc2cc(Br)ccc21. The summed E-state index contributed by atoms with van der Waals surface area (Å²) in [5, 5.41) is 6.68. The van der Waals surface area contributed by atoms with Gasteiger partial charge in [0.15, 0.2) is 0 Å². The van der Waals surface area contributed by atoms with Crippen molar-refractivity contribution < 1.29 is 14.4 Å². The first-order valence-corrected chi connectivity index (χ1v) is 11.4. The van der Waals surface area contributed by atoms with Gasteiger partial charge in [-0.3, -0.25) is 19.8 Å². The Bertz CT molecular complexity index is 1190. The number of carbonyl (C=O) groups excluding carboxylic acids is 3. The van der Waals surface area contributed by atoms with E-state index < -0.39 is 17.7 Å². The molecule has 0 aliphatic heterocycles. The maximum Gasteiger partial charge on any atom is 0.328 e. The zero-order valence-corrected chi connectivity index (χ0v) is 20.4. The summed E-state index contributed by atoms with van der Waals surface area (Å²) >= 11 is 15.5. The van der Waals surface area contributed by atoms with E-state index in [1.54, 1.807) is 36.4 Å². The number of nitrogens with one attached hydrogen (secondary N) is 3. The van der Waals surface area contributed by atoms with Crippen molar-refractivity contribution in [1.29, 1.82) is 0 Å². The van der Waals surface area contributed by atoms with Crippen molar-refractivity contribution in [2.24, 2.45) is 5.92 Å². The molecule has 3 N–H and O–H groups in total. The van der Waals surface area contributed by atoms with Crippen molar-refractivity contribution in [3.05, 3.63) is 62.7 Å². The lowest BCUT2D eigenvalue weighted by Gasteiger charge is -2.13. The van der Waals surface area contributed by atoms with Crippen molar-refractivity contribution in [2.45, 2.75) is 20.3 Å². The lowest BCUT2D eigenvalue weighted by atomic mass is 10.1. The predicted molar refractivity (Wildman–Crippen MR) is 131 cm³/mol. The lowest BCUT2D eigenvalue weighted by Crippen LogP contribution is -2.40. The highest BCUT2D eigenvalue weighted by atomic mass is 79.9. The Labute approximate surface area is 203 Å². The minimum atomic E-state index is -0.882. The molecule has 0 saturated heterocycles. The number of rotatable bonds is 6. The van der Waals surface area contributed by atoms with Gasteiger partial charge in [0, 0.05) is 21.4 Å². The van der Waals surface area contributed by atoms with Crippen molar-refractivity contribution in [3.63, 3.8) is 0 Å². The van der Waals surface area contributed by atoms with Gasteiger partial charge in [0.1, 0.15) is 5.69 Å². The number of aromatic nitrogens is 1. The largest absolute Gasteiger partial charge is 0.348 e. The predicted octanol–water partition coefficient (Wildman–Crippen LogP) is 5.20. The van der Waals surface area contributed by atoms with Crippen molar-refractivity contribution in [3.8, 4) is 0 Å². The van der Waals surface area contributed by atoms with Crippen LogP contribution in [0.3, 0.4) is 0 Å². The maximum atomic E-state index is 13.0. The van der Waals surface area contributed by atoms with Crippen LogP contribution in [-0.4, -0.2) is 28.9 Å². The second kappa shape index (κ2) is 10.4. The van der Waals surface area contributed by atoms with Crippen molar-refractivity contribution >= 4 is 73.4 Å². The smallest absolute Gasteiger partial charge is 0.328 e. The summed E-state index contributed by atoms with van der Waals surface area (Å²) in [5.41, 5.74) is 3.54. The molecule has 1 aromatic heterocycles. The molecule has 0 unspecified atom stereocenters. The molecule has 0 saturated carbocycles. The highest BCUT2D eigenvalue weighted by Crippen LogP contribution is 2.27. The van der Waals surface area contributed by atoms with Crippen LogP contribution in [0.1, 0.15) is 30.8 Å². The first kappa shape index (κ1) is 24.1. The minimum absolute atomic E-state index is 0.118. The van der Waals surface area contributed by atoms with E-state index in [-0.39, 0.29) is 10.7 Å². The number of hydrogen-bond donors (Lipinski definition) is 3. The third-order valence-electron chi connectivity index (χ3n) is 4.60. The molecule has 0 spiro atoms. The number of benzene rings is 2. The second-order valence-corrected chi connectivity index (χ2v) is 9.29. The molecule has 0 atom stereocenters. The van der Waals surface area contributed by atoms with Crippen LogP contribution in [0.25, 0.3) is 10.9 Å². The van der Waals surface area contributed by atoms with Crippen molar-refractivity contribution in [2.75, 3.05) is 17.3 Å². The van der Waals surface area contributed by atoms with Gasteiger partial charge in [-0.05, 0) is 54.8 Å². The van der Waals surface area contributed by atoms with E-state index in [4.69, 9.17) is 23.2 Å². The molecule has 168 valence electrons. The Balaban J connectivity index is 1.89. The molecule has 0 aliphatic rings. The monoisotopic (exact) mass is 538 g/mol. The van der Waals surface area contributed by atoms with Gasteiger partial charge in [0.2, 0.25) is 0 Å². The van der Waals surface area contributed by atoms with Gasteiger partial charge in [-0.2, -0.15) is 0 Å². The fraction of sp³-hybridized carbons (Fsp3) is 0.227. The van der Waals surface area contributed by atoms with E-state index in [9.17, 15) is 14.4 Å².